The Morgan fingerprint density at radius 1 is 1.15 bits per heavy atom. The van der Waals surface area contributed by atoms with E-state index in [4.69, 9.17) is 9.72 Å². The fourth-order valence-corrected chi connectivity index (χ4v) is 3.48. The highest BCUT2D eigenvalue weighted by atomic mass is 79.9. The van der Waals surface area contributed by atoms with E-state index in [1.165, 1.54) is 11.8 Å². The van der Waals surface area contributed by atoms with Crippen LogP contribution in [0.5, 0.6) is 0 Å². The van der Waals surface area contributed by atoms with Crippen molar-refractivity contribution in [1.82, 2.24) is 15.3 Å². The zero-order chi connectivity index (χ0) is 18.4. The number of amides is 1. The number of hydrogen-bond donors (Lipinski definition) is 1. The fourth-order valence-electron chi connectivity index (χ4n) is 2.36. The maximum atomic E-state index is 12.0. The van der Waals surface area contributed by atoms with Crippen LogP contribution in [0.3, 0.4) is 0 Å². The summed E-state index contributed by atoms with van der Waals surface area (Å²) < 4.78 is 5.94. The lowest BCUT2D eigenvalue weighted by Crippen LogP contribution is -2.28. The molecule has 0 bridgehead atoms. The number of halogens is 1. The molecular formula is C19H18BrN3O2S. The number of ether oxygens (including phenoxy) is 1. The summed E-state index contributed by atoms with van der Waals surface area (Å²) >= 11 is 4.86. The smallest absolute Gasteiger partial charge is 0.230 e. The molecule has 1 aromatic heterocycles. The summed E-state index contributed by atoms with van der Waals surface area (Å²) in [5, 5.41) is 4.57. The standard InChI is InChI=1S/C19H18BrN3O2S/c1-25-11-10-21-17(24)12-26-19-15-4-2-3-5-16(15)22-18(23-19)13-6-8-14(20)9-7-13/h2-9H,10-12H2,1H3,(H,21,24). The van der Waals surface area contributed by atoms with Crippen molar-refractivity contribution < 1.29 is 9.53 Å². The van der Waals surface area contributed by atoms with Crippen LogP contribution in [-0.2, 0) is 9.53 Å². The van der Waals surface area contributed by atoms with Gasteiger partial charge in [0.15, 0.2) is 5.82 Å². The molecule has 3 aromatic rings. The van der Waals surface area contributed by atoms with Crippen LogP contribution in [0.15, 0.2) is 58.0 Å². The monoisotopic (exact) mass is 431 g/mol. The van der Waals surface area contributed by atoms with E-state index in [2.05, 4.69) is 26.2 Å². The first-order valence-corrected chi connectivity index (χ1v) is 9.86. The molecule has 1 amide bonds. The van der Waals surface area contributed by atoms with E-state index in [9.17, 15) is 4.79 Å². The molecule has 0 spiro atoms. The molecule has 0 unspecified atom stereocenters. The van der Waals surface area contributed by atoms with E-state index in [1.54, 1.807) is 7.11 Å². The predicted octanol–water partition coefficient (Wildman–Crippen LogP) is 3.91. The minimum atomic E-state index is -0.0417. The largest absolute Gasteiger partial charge is 0.383 e. The number of rotatable bonds is 7. The quantitative estimate of drug-likeness (QED) is 0.349. The van der Waals surface area contributed by atoms with E-state index in [-0.39, 0.29) is 5.91 Å². The molecule has 0 fully saturated rings. The molecule has 1 N–H and O–H groups in total. The van der Waals surface area contributed by atoms with Gasteiger partial charge in [-0.15, -0.1) is 0 Å². The number of thioether (sulfide) groups is 1. The number of methoxy groups -OCH3 is 1. The van der Waals surface area contributed by atoms with Gasteiger partial charge in [-0.1, -0.05) is 58.0 Å². The molecule has 5 nitrogen and oxygen atoms in total. The zero-order valence-electron chi connectivity index (χ0n) is 14.2. The van der Waals surface area contributed by atoms with Crippen molar-refractivity contribution in [2.24, 2.45) is 0 Å². The van der Waals surface area contributed by atoms with Crippen LogP contribution in [-0.4, -0.2) is 41.9 Å². The van der Waals surface area contributed by atoms with Gasteiger partial charge in [0.1, 0.15) is 5.03 Å². The van der Waals surface area contributed by atoms with Crippen LogP contribution in [0, 0.1) is 0 Å². The Morgan fingerprint density at radius 2 is 1.92 bits per heavy atom. The first-order valence-electron chi connectivity index (χ1n) is 8.08. The topological polar surface area (TPSA) is 64.1 Å². The van der Waals surface area contributed by atoms with E-state index >= 15 is 0 Å². The number of nitrogens with one attached hydrogen (secondary N) is 1. The summed E-state index contributed by atoms with van der Waals surface area (Å²) in [6.07, 6.45) is 0. The molecule has 1 heterocycles. The molecule has 0 saturated carbocycles. The Bertz CT molecular complexity index is 903. The zero-order valence-corrected chi connectivity index (χ0v) is 16.6. The van der Waals surface area contributed by atoms with Crippen LogP contribution in [0.4, 0.5) is 0 Å². The summed E-state index contributed by atoms with van der Waals surface area (Å²) in [5.41, 5.74) is 1.80. The Morgan fingerprint density at radius 3 is 2.69 bits per heavy atom. The third-order valence-corrected chi connectivity index (χ3v) is 5.16. The van der Waals surface area contributed by atoms with Crippen LogP contribution in [0.2, 0.25) is 0 Å². The van der Waals surface area contributed by atoms with Crippen molar-refractivity contribution in [2.45, 2.75) is 5.03 Å². The Hall–Kier alpha value is -1.96. The van der Waals surface area contributed by atoms with Gasteiger partial charge in [-0.2, -0.15) is 0 Å². The second-order valence-electron chi connectivity index (χ2n) is 5.51. The van der Waals surface area contributed by atoms with Crippen molar-refractivity contribution in [3.63, 3.8) is 0 Å². The Balaban J connectivity index is 1.86. The van der Waals surface area contributed by atoms with Gasteiger partial charge in [-0.05, 0) is 18.2 Å². The molecule has 0 atom stereocenters. The summed E-state index contributed by atoms with van der Waals surface area (Å²) in [6, 6.07) is 15.7. The van der Waals surface area contributed by atoms with Gasteiger partial charge in [0.25, 0.3) is 0 Å². The highest BCUT2D eigenvalue weighted by molar-refractivity contribution is 9.10. The molecular weight excluding hydrogens is 414 g/mol. The van der Waals surface area contributed by atoms with Gasteiger partial charge in [0, 0.05) is 29.1 Å². The van der Waals surface area contributed by atoms with Crippen molar-refractivity contribution >= 4 is 44.5 Å². The van der Waals surface area contributed by atoms with Crippen molar-refractivity contribution in [1.29, 1.82) is 0 Å². The maximum Gasteiger partial charge on any atom is 0.230 e. The second kappa shape index (κ2) is 9.12. The third kappa shape index (κ3) is 4.81. The van der Waals surface area contributed by atoms with Crippen molar-refractivity contribution in [3.8, 4) is 11.4 Å². The number of para-hydroxylation sites is 1. The van der Waals surface area contributed by atoms with E-state index in [1.807, 2.05) is 48.5 Å². The third-order valence-electron chi connectivity index (χ3n) is 3.64. The van der Waals surface area contributed by atoms with Gasteiger partial charge >= 0.3 is 0 Å². The fraction of sp³-hybridized carbons (Fsp3) is 0.211. The minimum Gasteiger partial charge on any atom is -0.383 e. The lowest BCUT2D eigenvalue weighted by Gasteiger charge is -2.09. The summed E-state index contributed by atoms with van der Waals surface area (Å²) in [5.74, 6) is 0.906. The first-order chi connectivity index (χ1) is 12.7. The number of carbonyl (C=O) groups excluding carboxylic acids is 1. The molecule has 0 aliphatic rings. The molecule has 134 valence electrons. The molecule has 26 heavy (non-hydrogen) atoms. The number of benzene rings is 2. The number of aromatic nitrogens is 2. The average molecular weight is 432 g/mol. The lowest BCUT2D eigenvalue weighted by molar-refractivity contribution is -0.118. The molecule has 7 heteroatoms. The molecule has 3 rings (SSSR count). The van der Waals surface area contributed by atoms with Gasteiger partial charge in [-0.3, -0.25) is 4.79 Å². The van der Waals surface area contributed by atoms with Crippen LogP contribution in [0.25, 0.3) is 22.3 Å². The SMILES string of the molecule is COCCNC(=O)CSc1nc(-c2ccc(Br)cc2)nc2ccccc12. The van der Waals surface area contributed by atoms with Gasteiger partial charge in [0.2, 0.25) is 5.91 Å². The molecule has 2 aromatic carbocycles. The van der Waals surface area contributed by atoms with E-state index in [0.717, 1.165) is 26.0 Å². The highest BCUT2D eigenvalue weighted by Gasteiger charge is 2.11. The summed E-state index contributed by atoms with van der Waals surface area (Å²) in [4.78, 5) is 21.4. The first kappa shape index (κ1) is 18.8. The average Bonchev–Trinajstić information content (AvgIpc) is 2.66. The van der Waals surface area contributed by atoms with E-state index < -0.39 is 0 Å². The Kier molecular flexibility index (Phi) is 6.60. The Labute approximate surface area is 164 Å². The number of nitrogens with zero attached hydrogens (tertiary/aromatic N) is 2. The summed E-state index contributed by atoms with van der Waals surface area (Å²) in [6.45, 7) is 1.01. The highest BCUT2D eigenvalue weighted by Crippen LogP contribution is 2.28. The number of carbonyl (C=O) groups is 1. The minimum absolute atomic E-state index is 0.0417. The van der Waals surface area contributed by atoms with Crippen molar-refractivity contribution in [3.05, 3.63) is 53.0 Å². The van der Waals surface area contributed by atoms with Crippen LogP contribution < -0.4 is 5.32 Å². The van der Waals surface area contributed by atoms with Crippen LogP contribution in [0.1, 0.15) is 0 Å². The predicted molar refractivity (Wildman–Crippen MR) is 108 cm³/mol. The number of fused-ring (bicyclic) bond motifs is 1. The molecule has 0 aliphatic carbocycles. The van der Waals surface area contributed by atoms with Gasteiger partial charge < -0.3 is 10.1 Å². The number of hydrogen-bond acceptors (Lipinski definition) is 5. The van der Waals surface area contributed by atoms with Crippen molar-refractivity contribution in [2.75, 3.05) is 26.0 Å². The van der Waals surface area contributed by atoms with Gasteiger partial charge in [0.05, 0.1) is 17.9 Å². The normalized spacial score (nSPS) is 10.8. The molecule has 0 saturated heterocycles. The van der Waals surface area contributed by atoms with Gasteiger partial charge in [-0.25, -0.2) is 9.97 Å². The molecule has 0 aliphatic heterocycles. The second-order valence-corrected chi connectivity index (χ2v) is 7.39. The molecule has 0 radical (unpaired) electrons. The van der Waals surface area contributed by atoms with E-state index in [0.29, 0.717) is 24.7 Å². The maximum absolute atomic E-state index is 12.0. The summed E-state index contributed by atoms with van der Waals surface area (Å²) in [7, 11) is 1.61. The van der Waals surface area contributed by atoms with Crippen LogP contribution >= 0.6 is 27.7 Å². The lowest BCUT2D eigenvalue weighted by atomic mass is 10.2.